The molecule has 0 aromatic heterocycles. The smallest absolute Gasteiger partial charge is 0.237 e. The van der Waals surface area contributed by atoms with E-state index in [-0.39, 0.29) is 11.2 Å². The Morgan fingerprint density at radius 1 is 1.62 bits per heavy atom. The quantitative estimate of drug-likeness (QED) is 0.817. The van der Waals surface area contributed by atoms with Crippen LogP contribution < -0.4 is 11.1 Å². The molecule has 1 unspecified atom stereocenters. The normalized spacial score (nSPS) is 12.2. The Morgan fingerprint density at radius 2 is 2.31 bits per heavy atom. The third-order valence-corrected chi connectivity index (χ3v) is 3.44. The zero-order valence-corrected chi connectivity index (χ0v) is 10.9. The molecule has 1 aromatic carbocycles. The monoisotopic (exact) mass is 258 g/mol. The van der Waals surface area contributed by atoms with E-state index < -0.39 is 0 Å². The van der Waals surface area contributed by atoms with Crippen molar-refractivity contribution in [2.75, 3.05) is 16.8 Å². The second-order valence-corrected chi connectivity index (χ2v) is 5.35. The molecule has 5 heteroatoms. The Kier molecular flexibility index (Phi) is 4.96. The molecule has 1 atom stereocenters. The number of carbonyl (C=O) groups excluding carboxylic acids is 1. The van der Waals surface area contributed by atoms with Crippen molar-refractivity contribution in [3.05, 3.63) is 23.2 Å². The molecule has 88 valence electrons. The first-order valence-electron chi connectivity index (χ1n) is 5.02. The minimum atomic E-state index is -0.0677. The molecule has 0 spiro atoms. The van der Waals surface area contributed by atoms with Gasteiger partial charge in [0.1, 0.15) is 0 Å². The van der Waals surface area contributed by atoms with Gasteiger partial charge in [-0.1, -0.05) is 18.5 Å². The van der Waals surface area contributed by atoms with Crippen molar-refractivity contribution in [2.24, 2.45) is 0 Å². The van der Waals surface area contributed by atoms with Crippen LogP contribution in [-0.4, -0.2) is 16.9 Å². The summed E-state index contributed by atoms with van der Waals surface area (Å²) in [5.74, 6) is 0.894. The molecule has 0 radical (unpaired) electrons. The number of thioether (sulfide) groups is 1. The predicted octanol–water partition coefficient (Wildman–Crippen LogP) is 3.00. The lowest BCUT2D eigenvalue weighted by atomic mass is 10.2. The molecule has 0 saturated carbocycles. The van der Waals surface area contributed by atoms with Crippen LogP contribution in [0.1, 0.15) is 13.8 Å². The summed E-state index contributed by atoms with van der Waals surface area (Å²) in [6, 6.07) is 5.06. The zero-order chi connectivity index (χ0) is 12.1. The maximum Gasteiger partial charge on any atom is 0.237 e. The van der Waals surface area contributed by atoms with Crippen molar-refractivity contribution in [1.29, 1.82) is 0 Å². The van der Waals surface area contributed by atoms with Crippen LogP contribution in [0.15, 0.2) is 18.2 Å². The number of nitrogen functional groups attached to an aromatic ring is 1. The first-order chi connectivity index (χ1) is 7.54. The highest BCUT2D eigenvalue weighted by Gasteiger charge is 2.12. The lowest BCUT2D eigenvalue weighted by Gasteiger charge is -2.11. The highest BCUT2D eigenvalue weighted by molar-refractivity contribution is 8.00. The van der Waals surface area contributed by atoms with E-state index in [4.69, 9.17) is 17.3 Å². The van der Waals surface area contributed by atoms with Gasteiger partial charge >= 0.3 is 0 Å². The number of halogens is 1. The number of nitrogens with two attached hydrogens (primary N) is 1. The number of rotatable bonds is 4. The van der Waals surface area contributed by atoms with Gasteiger partial charge in [0.2, 0.25) is 5.91 Å². The van der Waals surface area contributed by atoms with E-state index in [1.165, 1.54) is 0 Å². The van der Waals surface area contributed by atoms with Gasteiger partial charge in [-0.2, -0.15) is 0 Å². The summed E-state index contributed by atoms with van der Waals surface area (Å²) in [5, 5.41) is 3.22. The number of carbonyl (C=O) groups is 1. The van der Waals surface area contributed by atoms with Crippen molar-refractivity contribution < 1.29 is 4.79 Å². The lowest BCUT2D eigenvalue weighted by molar-refractivity contribution is -0.115. The van der Waals surface area contributed by atoms with Crippen molar-refractivity contribution in [3.8, 4) is 0 Å². The summed E-state index contributed by atoms with van der Waals surface area (Å²) in [4.78, 5) is 11.7. The van der Waals surface area contributed by atoms with Gasteiger partial charge < -0.3 is 11.1 Å². The summed E-state index contributed by atoms with van der Waals surface area (Å²) in [6.45, 7) is 3.90. The average molecular weight is 259 g/mol. The predicted molar refractivity (Wildman–Crippen MR) is 72.1 cm³/mol. The SMILES string of the molecule is CCSC(C)C(=O)Nc1ccc(Cl)c(N)c1. The Balaban J connectivity index is 2.66. The highest BCUT2D eigenvalue weighted by Crippen LogP contribution is 2.23. The van der Waals surface area contributed by atoms with Crippen LogP contribution in [0.2, 0.25) is 5.02 Å². The number of amides is 1. The largest absolute Gasteiger partial charge is 0.397 e. The van der Waals surface area contributed by atoms with Crippen LogP contribution in [0.3, 0.4) is 0 Å². The summed E-state index contributed by atoms with van der Waals surface area (Å²) in [5.41, 5.74) is 6.79. The third kappa shape index (κ3) is 3.61. The van der Waals surface area contributed by atoms with E-state index in [9.17, 15) is 4.79 Å². The molecule has 16 heavy (non-hydrogen) atoms. The van der Waals surface area contributed by atoms with Gasteiger partial charge in [-0.15, -0.1) is 11.8 Å². The van der Waals surface area contributed by atoms with Crippen molar-refractivity contribution in [3.63, 3.8) is 0 Å². The zero-order valence-electron chi connectivity index (χ0n) is 9.29. The number of hydrogen-bond donors (Lipinski definition) is 2. The number of hydrogen-bond acceptors (Lipinski definition) is 3. The topological polar surface area (TPSA) is 55.1 Å². The molecular weight excluding hydrogens is 244 g/mol. The van der Waals surface area contributed by atoms with E-state index in [0.29, 0.717) is 16.4 Å². The highest BCUT2D eigenvalue weighted by atomic mass is 35.5. The minimum absolute atomic E-state index is 0.0198. The Hall–Kier alpha value is -0.870. The summed E-state index contributed by atoms with van der Waals surface area (Å²) < 4.78 is 0. The number of anilines is 2. The molecule has 0 saturated heterocycles. The molecule has 0 heterocycles. The van der Waals surface area contributed by atoms with Gasteiger partial charge in [0, 0.05) is 5.69 Å². The summed E-state index contributed by atoms with van der Waals surface area (Å²) in [6.07, 6.45) is 0. The van der Waals surface area contributed by atoms with E-state index in [1.807, 2.05) is 13.8 Å². The second kappa shape index (κ2) is 6.01. The van der Waals surface area contributed by atoms with E-state index >= 15 is 0 Å². The maximum absolute atomic E-state index is 11.7. The van der Waals surface area contributed by atoms with Crippen molar-refractivity contribution >= 4 is 40.6 Å². The Bertz CT molecular complexity index is 384. The standard InChI is InChI=1S/C11H15ClN2OS/c1-3-16-7(2)11(15)14-8-4-5-9(12)10(13)6-8/h4-7H,3,13H2,1-2H3,(H,14,15). The maximum atomic E-state index is 11.7. The molecular formula is C11H15ClN2OS. The molecule has 3 nitrogen and oxygen atoms in total. The Labute approximate surface area is 105 Å². The van der Waals surface area contributed by atoms with Crippen LogP contribution in [-0.2, 0) is 4.79 Å². The minimum Gasteiger partial charge on any atom is -0.397 e. The van der Waals surface area contributed by atoms with E-state index in [1.54, 1.807) is 30.0 Å². The molecule has 1 rings (SSSR count). The fourth-order valence-electron chi connectivity index (χ4n) is 1.19. The first kappa shape index (κ1) is 13.2. The van der Waals surface area contributed by atoms with Gasteiger partial charge in [-0.05, 0) is 30.9 Å². The van der Waals surface area contributed by atoms with Crippen LogP contribution in [0.4, 0.5) is 11.4 Å². The van der Waals surface area contributed by atoms with Crippen molar-refractivity contribution in [2.45, 2.75) is 19.1 Å². The first-order valence-corrected chi connectivity index (χ1v) is 6.44. The fraction of sp³-hybridized carbons (Fsp3) is 0.364. The van der Waals surface area contributed by atoms with Crippen LogP contribution in [0.25, 0.3) is 0 Å². The molecule has 0 aliphatic heterocycles. The fourth-order valence-corrected chi connectivity index (χ4v) is 2.02. The number of nitrogens with one attached hydrogen (secondary N) is 1. The lowest BCUT2D eigenvalue weighted by Crippen LogP contribution is -2.22. The summed E-state index contributed by atoms with van der Waals surface area (Å²) >= 11 is 7.38. The molecule has 0 aliphatic rings. The van der Waals surface area contributed by atoms with Gasteiger partial charge in [0.05, 0.1) is 16.0 Å². The average Bonchev–Trinajstić information content (AvgIpc) is 2.24. The molecule has 1 amide bonds. The molecule has 3 N–H and O–H groups in total. The second-order valence-electron chi connectivity index (χ2n) is 3.32. The molecule has 0 fully saturated rings. The van der Waals surface area contributed by atoms with Crippen LogP contribution >= 0.6 is 23.4 Å². The van der Waals surface area contributed by atoms with Gasteiger partial charge in [-0.3, -0.25) is 4.79 Å². The van der Waals surface area contributed by atoms with Gasteiger partial charge in [0.15, 0.2) is 0 Å². The third-order valence-electron chi connectivity index (χ3n) is 2.05. The molecule has 1 aromatic rings. The Morgan fingerprint density at radius 3 is 2.88 bits per heavy atom. The van der Waals surface area contributed by atoms with E-state index in [2.05, 4.69) is 5.32 Å². The number of benzene rings is 1. The molecule has 0 aliphatic carbocycles. The summed E-state index contributed by atoms with van der Waals surface area (Å²) in [7, 11) is 0. The van der Waals surface area contributed by atoms with Gasteiger partial charge in [0.25, 0.3) is 0 Å². The van der Waals surface area contributed by atoms with Crippen molar-refractivity contribution in [1.82, 2.24) is 0 Å². The van der Waals surface area contributed by atoms with Crippen LogP contribution in [0, 0.1) is 0 Å². The van der Waals surface area contributed by atoms with Gasteiger partial charge in [-0.25, -0.2) is 0 Å². The van der Waals surface area contributed by atoms with Crippen LogP contribution in [0.5, 0.6) is 0 Å². The molecule has 0 bridgehead atoms. The van der Waals surface area contributed by atoms with E-state index in [0.717, 1.165) is 5.75 Å².